The van der Waals surface area contributed by atoms with Crippen molar-refractivity contribution in [3.05, 3.63) is 24.0 Å². The third kappa shape index (κ3) is 5.31. The lowest BCUT2D eigenvalue weighted by Gasteiger charge is -2.22. The summed E-state index contributed by atoms with van der Waals surface area (Å²) in [5, 5.41) is 15.1. The zero-order valence-corrected chi connectivity index (χ0v) is 12.4. The highest BCUT2D eigenvalue weighted by atomic mass is 19.3. The summed E-state index contributed by atoms with van der Waals surface area (Å²) in [6.07, 6.45) is 0.336. The smallest absolute Gasteiger partial charge is 0.319 e. The first-order chi connectivity index (χ1) is 10.9. The number of carbonyl (C=O) groups excluding carboxylic acids is 1. The van der Waals surface area contributed by atoms with Crippen LogP contribution in [0.2, 0.25) is 0 Å². The summed E-state index contributed by atoms with van der Waals surface area (Å²) in [5.41, 5.74) is -0.835. The molecule has 0 bridgehead atoms. The first-order valence-electron chi connectivity index (χ1n) is 7.36. The average molecular weight is 332 g/mol. The molecule has 0 atom stereocenters. The van der Waals surface area contributed by atoms with Gasteiger partial charge in [0, 0.05) is 12.6 Å². The highest BCUT2D eigenvalue weighted by Gasteiger charge is 2.31. The van der Waals surface area contributed by atoms with Gasteiger partial charge in [-0.3, -0.25) is 0 Å². The molecule has 1 aromatic rings. The maximum atomic E-state index is 13.2. The van der Waals surface area contributed by atoms with Crippen LogP contribution in [0.15, 0.2) is 18.2 Å². The Balaban J connectivity index is 1.94. The maximum Gasteiger partial charge on any atom is 0.319 e. The third-order valence-electron chi connectivity index (χ3n) is 3.67. The number of amides is 2. The van der Waals surface area contributed by atoms with E-state index in [2.05, 4.69) is 10.6 Å². The summed E-state index contributed by atoms with van der Waals surface area (Å²) >= 11 is 0. The first-order valence-corrected chi connectivity index (χ1v) is 7.36. The molecule has 1 aromatic carbocycles. The maximum absolute atomic E-state index is 13.2. The second kappa shape index (κ2) is 7.54. The van der Waals surface area contributed by atoms with Gasteiger partial charge in [0.25, 0.3) is 6.43 Å². The van der Waals surface area contributed by atoms with Crippen molar-refractivity contribution in [3.63, 3.8) is 0 Å². The summed E-state index contributed by atoms with van der Waals surface area (Å²) in [7, 11) is 0. The lowest BCUT2D eigenvalue weighted by atomic mass is 10.0. The Morgan fingerprint density at radius 3 is 2.70 bits per heavy atom. The van der Waals surface area contributed by atoms with Gasteiger partial charge in [-0.05, 0) is 25.0 Å². The van der Waals surface area contributed by atoms with Crippen molar-refractivity contribution in [2.24, 2.45) is 0 Å². The average Bonchev–Trinajstić information content (AvgIpc) is 2.93. The number of carbonyl (C=O) groups is 1. The molecule has 2 rings (SSSR count). The molecule has 1 saturated carbocycles. The Labute approximate surface area is 131 Å². The van der Waals surface area contributed by atoms with Gasteiger partial charge in [0.15, 0.2) is 0 Å². The fourth-order valence-electron chi connectivity index (χ4n) is 2.49. The number of anilines is 1. The summed E-state index contributed by atoms with van der Waals surface area (Å²) in [6.45, 7) is -0.813. The van der Waals surface area contributed by atoms with Crippen LogP contribution in [0.1, 0.15) is 25.7 Å². The van der Waals surface area contributed by atoms with E-state index in [1.165, 1.54) is 6.07 Å². The molecule has 0 spiro atoms. The summed E-state index contributed by atoms with van der Waals surface area (Å²) in [6, 6.07) is 2.59. The summed E-state index contributed by atoms with van der Waals surface area (Å²) in [4.78, 5) is 11.9. The number of benzene rings is 1. The van der Waals surface area contributed by atoms with Gasteiger partial charge < -0.3 is 20.5 Å². The Hall–Kier alpha value is -1.96. The summed E-state index contributed by atoms with van der Waals surface area (Å²) < 4.78 is 42.4. The number of aliphatic hydroxyl groups is 1. The minimum atomic E-state index is -2.71. The Bertz CT molecular complexity index is 549. The molecule has 0 saturated heterocycles. The van der Waals surface area contributed by atoms with E-state index in [0.717, 1.165) is 25.0 Å². The quantitative estimate of drug-likeness (QED) is 0.750. The molecule has 0 aromatic heterocycles. The van der Waals surface area contributed by atoms with Crippen LogP contribution in [0, 0.1) is 5.82 Å². The predicted octanol–water partition coefficient (Wildman–Crippen LogP) is 2.90. The minimum Gasteiger partial charge on any atom is -0.485 e. The standard InChI is InChI=1S/C15H19F3N2O3/c16-10-3-4-11(12(7-10)23-8-13(17)18)20-14(21)19-9-15(22)5-1-2-6-15/h3-4,7,13,22H,1-2,5-6,8-9H2,(H2,19,20,21). The lowest BCUT2D eigenvalue weighted by molar-refractivity contribution is 0.0506. The highest BCUT2D eigenvalue weighted by Crippen LogP contribution is 2.29. The second-order valence-electron chi connectivity index (χ2n) is 5.58. The number of halogens is 3. The molecule has 23 heavy (non-hydrogen) atoms. The molecule has 1 fully saturated rings. The molecule has 1 aliphatic rings. The van der Waals surface area contributed by atoms with E-state index in [9.17, 15) is 23.1 Å². The molecule has 2 amide bonds. The highest BCUT2D eigenvalue weighted by molar-refractivity contribution is 5.90. The number of hydrogen-bond acceptors (Lipinski definition) is 3. The van der Waals surface area contributed by atoms with Crippen LogP contribution in [0.25, 0.3) is 0 Å². The van der Waals surface area contributed by atoms with Crippen molar-refractivity contribution < 1.29 is 27.8 Å². The van der Waals surface area contributed by atoms with Crippen LogP contribution < -0.4 is 15.4 Å². The van der Waals surface area contributed by atoms with Crippen LogP contribution in [0.4, 0.5) is 23.7 Å². The van der Waals surface area contributed by atoms with Crippen molar-refractivity contribution in [3.8, 4) is 5.75 Å². The number of hydrogen-bond donors (Lipinski definition) is 3. The van der Waals surface area contributed by atoms with Crippen molar-refractivity contribution in [2.45, 2.75) is 37.7 Å². The minimum absolute atomic E-state index is 0.0722. The van der Waals surface area contributed by atoms with Crippen molar-refractivity contribution in [1.29, 1.82) is 0 Å². The van der Waals surface area contributed by atoms with Crippen LogP contribution in [0.5, 0.6) is 5.75 Å². The Morgan fingerprint density at radius 1 is 1.35 bits per heavy atom. The van der Waals surface area contributed by atoms with Gasteiger partial charge in [-0.25, -0.2) is 18.0 Å². The monoisotopic (exact) mass is 332 g/mol. The molecule has 5 nitrogen and oxygen atoms in total. The second-order valence-corrected chi connectivity index (χ2v) is 5.58. The van der Waals surface area contributed by atoms with Gasteiger partial charge in [0.05, 0.1) is 11.3 Å². The van der Waals surface area contributed by atoms with Gasteiger partial charge in [0.1, 0.15) is 18.2 Å². The van der Waals surface area contributed by atoms with Gasteiger partial charge in [-0.2, -0.15) is 0 Å². The number of ether oxygens (including phenoxy) is 1. The molecule has 8 heteroatoms. The normalized spacial score (nSPS) is 16.4. The first kappa shape index (κ1) is 17.4. The molecule has 0 unspecified atom stereocenters. The molecule has 0 heterocycles. The van der Waals surface area contributed by atoms with E-state index < -0.39 is 30.5 Å². The molecule has 3 N–H and O–H groups in total. The summed E-state index contributed by atoms with van der Waals surface area (Å²) in [5.74, 6) is -0.847. The Kier molecular flexibility index (Phi) is 5.70. The zero-order chi connectivity index (χ0) is 16.9. The van der Waals surface area contributed by atoms with E-state index >= 15 is 0 Å². The van der Waals surface area contributed by atoms with Gasteiger partial charge in [-0.15, -0.1) is 0 Å². The number of nitrogens with one attached hydrogen (secondary N) is 2. The van der Waals surface area contributed by atoms with E-state index in [1.807, 2.05) is 0 Å². The van der Waals surface area contributed by atoms with Crippen molar-refractivity contribution >= 4 is 11.7 Å². The largest absolute Gasteiger partial charge is 0.485 e. The van der Waals surface area contributed by atoms with Crippen LogP contribution >= 0.6 is 0 Å². The van der Waals surface area contributed by atoms with Gasteiger partial charge in [-0.1, -0.05) is 12.8 Å². The van der Waals surface area contributed by atoms with Crippen molar-refractivity contribution in [2.75, 3.05) is 18.5 Å². The molecule has 1 aliphatic carbocycles. The molecule has 0 radical (unpaired) electrons. The van der Waals surface area contributed by atoms with E-state index in [-0.39, 0.29) is 18.0 Å². The molecular formula is C15H19F3N2O3. The van der Waals surface area contributed by atoms with Gasteiger partial charge in [0.2, 0.25) is 0 Å². The SMILES string of the molecule is O=C(NCC1(O)CCCC1)Nc1ccc(F)cc1OCC(F)F. The molecular weight excluding hydrogens is 313 g/mol. The number of urea groups is 1. The fraction of sp³-hybridized carbons (Fsp3) is 0.533. The van der Waals surface area contributed by atoms with E-state index in [1.54, 1.807) is 0 Å². The topological polar surface area (TPSA) is 70.6 Å². The fourth-order valence-corrected chi connectivity index (χ4v) is 2.49. The van der Waals surface area contributed by atoms with Crippen molar-refractivity contribution in [1.82, 2.24) is 5.32 Å². The van der Waals surface area contributed by atoms with E-state index in [4.69, 9.17) is 4.74 Å². The predicted molar refractivity (Wildman–Crippen MR) is 78.3 cm³/mol. The lowest BCUT2D eigenvalue weighted by Crippen LogP contribution is -2.42. The number of alkyl halides is 2. The van der Waals surface area contributed by atoms with E-state index in [0.29, 0.717) is 12.8 Å². The Morgan fingerprint density at radius 2 is 2.04 bits per heavy atom. The van der Waals surface area contributed by atoms with Crippen LogP contribution in [-0.2, 0) is 0 Å². The zero-order valence-electron chi connectivity index (χ0n) is 12.4. The third-order valence-corrected chi connectivity index (χ3v) is 3.67. The van der Waals surface area contributed by atoms with Gasteiger partial charge >= 0.3 is 6.03 Å². The number of rotatable bonds is 6. The molecule has 128 valence electrons. The van der Waals surface area contributed by atoms with Crippen LogP contribution in [0.3, 0.4) is 0 Å². The molecule has 0 aliphatic heterocycles. The van der Waals surface area contributed by atoms with Crippen LogP contribution in [-0.4, -0.2) is 36.3 Å².